The highest BCUT2D eigenvalue weighted by molar-refractivity contribution is 6.42. The molecule has 0 bridgehead atoms. The SMILES string of the molecule is Cc1ccc(Cn2nc(C(=O)O)cc2-c2ccc(Cl)c(Cl)c2)cc1. The number of halogens is 2. The van der Waals surface area contributed by atoms with Crippen molar-refractivity contribution in [3.8, 4) is 11.3 Å². The highest BCUT2D eigenvalue weighted by atomic mass is 35.5. The molecule has 6 heteroatoms. The molecule has 1 heterocycles. The Labute approximate surface area is 149 Å². The van der Waals surface area contributed by atoms with Crippen molar-refractivity contribution in [2.24, 2.45) is 0 Å². The molecule has 0 amide bonds. The first kappa shape index (κ1) is 16.6. The standard InChI is InChI=1S/C18H14Cl2N2O2/c1-11-2-4-12(5-3-11)10-22-17(9-16(21-22)18(23)24)13-6-7-14(19)15(20)8-13/h2-9H,10H2,1H3,(H,23,24). The molecule has 24 heavy (non-hydrogen) atoms. The van der Waals surface area contributed by atoms with Crippen LogP contribution in [0.15, 0.2) is 48.5 Å². The number of carbonyl (C=O) groups is 1. The number of aryl methyl sites for hydroxylation is 1. The van der Waals surface area contributed by atoms with E-state index < -0.39 is 5.97 Å². The summed E-state index contributed by atoms with van der Waals surface area (Å²) in [4.78, 5) is 11.3. The van der Waals surface area contributed by atoms with E-state index in [1.807, 2.05) is 31.2 Å². The molecule has 2 aromatic carbocycles. The van der Waals surface area contributed by atoms with Gasteiger partial charge in [-0.1, -0.05) is 59.1 Å². The van der Waals surface area contributed by atoms with Crippen LogP contribution in [0.4, 0.5) is 0 Å². The van der Waals surface area contributed by atoms with Crippen molar-refractivity contribution in [2.45, 2.75) is 13.5 Å². The number of aromatic nitrogens is 2. The maximum Gasteiger partial charge on any atom is 0.356 e. The van der Waals surface area contributed by atoms with Crippen LogP contribution in [0.25, 0.3) is 11.3 Å². The van der Waals surface area contributed by atoms with Gasteiger partial charge in [0.25, 0.3) is 0 Å². The molecule has 3 aromatic rings. The largest absolute Gasteiger partial charge is 0.476 e. The van der Waals surface area contributed by atoms with Crippen LogP contribution >= 0.6 is 23.2 Å². The van der Waals surface area contributed by atoms with Gasteiger partial charge >= 0.3 is 5.97 Å². The Morgan fingerprint density at radius 2 is 1.79 bits per heavy atom. The fourth-order valence-electron chi connectivity index (χ4n) is 2.40. The van der Waals surface area contributed by atoms with Crippen LogP contribution in [0.1, 0.15) is 21.6 Å². The lowest BCUT2D eigenvalue weighted by Crippen LogP contribution is -2.06. The van der Waals surface area contributed by atoms with E-state index in [-0.39, 0.29) is 5.69 Å². The zero-order chi connectivity index (χ0) is 17.3. The molecular weight excluding hydrogens is 347 g/mol. The van der Waals surface area contributed by atoms with Crippen molar-refractivity contribution in [1.82, 2.24) is 9.78 Å². The zero-order valence-electron chi connectivity index (χ0n) is 12.8. The zero-order valence-corrected chi connectivity index (χ0v) is 14.3. The molecule has 0 aliphatic heterocycles. The Bertz CT molecular complexity index is 902. The Morgan fingerprint density at radius 1 is 1.08 bits per heavy atom. The number of hydrogen-bond donors (Lipinski definition) is 1. The highest BCUT2D eigenvalue weighted by Gasteiger charge is 2.15. The lowest BCUT2D eigenvalue weighted by atomic mass is 10.1. The van der Waals surface area contributed by atoms with Gasteiger partial charge in [-0.25, -0.2) is 4.79 Å². The normalized spacial score (nSPS) is 10.8. The predicted molar refractivity (Wildman–Crippen MR) is 94.9 cm³/mol. The second-order valence-electron chi connectivity index (χ2n) is 5.49. The minimum atomic E-state index is -1.07. The molecule has 0 radical (unpaired) electrons. The fourth-order valence-corrected chi connectivity index (χ4v) is 2.69. The molecule has 0 spiro atoms. The first-order chi connectivity index (χ1) is 11.4. The smallest absolute Gasteiger partial charge is 0.356 e. The van der Waals surface area contributed by atoms with Crippen LogP contribution in [0.5, 0.6) is 0 Å². The van der Waals surface area contributed by atoms with Crippen molar-refractivity contribution in [3.05, 3.63) is 75.4 Å². The van der Waals surface area contributed by atoms with E-state index in [0.717, 1.165) is 16.7 Å². The van der Waals surface area contributed by atoms with Gasteiger partial charge in [0, 0.05) is 5.56 Å². The number of aromatic carboxylic acids is 1. The van der Waals surface area contributed by atoms with Gasteiger partial charge in [-0.15, -0.1) is 0 Å². The number of hydrogen-bond acceptors (Lipinski definition) is 2. The van der Waals surface area contributed by atoms with Crippen molar-refractivity contribution in [3.63, 3.8) is 0 Å². The van der Waals surface area contributed by atoms with E-state index in [9.17, 15) is 9.90 Å². The van der Waals surface area contributed by atoms with E-state index >= 15 is 0 Å². The molecule has 1 N–H and O–H groups in total. The molecule has 0 unspecified atom stereocenters. The molecule has 4 nitrogen and oxygen atoms in total. The van der Waals surface area contributed by atoms with E-state index in [1.54, 1.807) is 22.9 Å². The number of benzene rings is 2. The lowest BCUT2D eigenvalue weighted by molar-refractivity contribution is 0.0689. The van der Waals surface area contributed by atoms with Gasteiger partial charge in [-0.05, 0) is 30.7 Å². The first-order valence-corrected chi connectivity index (χ1v) is 8.02. The highest BCUT2D eigenvalue weighted by Crippen LogP contribution is 2.29. The number of nitrogens with zero attached hydrogens (tertiary/aromatic N) is 2. The van der Waals surface area contributed by atoms with Crippen LogP contribution in [-0.4, -0.2) is 20.9 Å². The van der Waals surface area contributed by atoms with Gasteiger partial charge in [0.15, 0.2) is 5.69 Å². The summed E-state index contributed by atoms with van der Waals surface area (Å²) in [6, 6.07) is 14.7. The van der Waals surface area contributed by atoms with Gasteiger partial charge in [0.05, 0.1) is 22.3 Å². The molecule has 122 valence electrons. The number of carboxylic acids is 1. The predicted octanol–water partition coefficient (Wildman–Crippen LogP) is 4.91. The summed E-state index contributed by atoms with van der Waals surface area (Å²) in [6.07, 6.45) is 0. The van der Waals surface area contributed by atoms with Gasteiger partial charge in [-0.2, -0.15) is 5.10 Å². The molecule has 0 atom stereocenters. The maximum atomic E-state index is 11.3. The Morgan fingerprint density at radius 3 is 2.42 bits per heavy atom. The second kappa shape index (κ2) is 6.67. The molecular formula is C18H14Cl2N2O2. The van der Waals surface area contributed by atoms with Gasteiger partial charge < -0.3 is 5.11 Å². The third-order valence-electron chi connectivity index (χ3n) is 3.67. The minimum absolute atomic E-state index is 0.0109. The molecule has 0 aliphatic carbocycles. The van der Waals surface area contributed by atoms with Crippen LogP contribution < -0.4 is 0 Å². The van der Waals surface area contributed by atoms with Crippen LogP contribution in [0.2, 0.25) is 10.0 Å². The molecule has 0 saturated heterocycles. The first-order valence-electron chi connectivity index (χ1n) is 7.26. The van der Waals surface area contributed by atoms with Crippen molar-refractivity contribution in [1.29, 1.82) is 0 Å². The van der Waals surface area contributed by atoms with E-state index in [0.29, 0.717) is 22.3 Å². The second-order valence-corrected chi connectivity index (χ2v) is 6.31. The molecule has 0 aliphatic rings. The Hall–Kier alpha value is -2.30. The number of rotatable bonds is 4. The van der Waals surface area contributed by atoms with Crippen molar-refractivity contribution >= 4 is 29.2 Å². The topological polar surface area (TPSA) is 55.1 Å². The molecule has 0 saturated carbocycles. The third kappa shape index (κ3) is 3.45. The van der Waals surface area contributed by atoms with Crippen molar-refractivity contribution < 1.29 is 9.90 Å². The van der Waals surface area contributed by atoms with Crippen LogP contribution in [0, 0.1) is 6.92 Å². The summed E-state index contributed by atoms with van der Waals surface area (Å²) in [7, 11) is 0. The summed E-state index contributed by atoms with van der Waals surface area (Å²) in [5.41, 5.74) is 3.61. The Balaban J connectivity index is 2.05. The summed E-state index contributed by atoms with van der Waals surface area (Å²) < 4.78 is 1.66. The van der Waals surface area contributed by atoms with Crippen molar-refractivity contribution in [2.75, 3.05) is 0 Å². The monoisotopic (exact) mass is 360 g/mol. The summed E-state index contributed by atoms with van der Waals surface area (Å²) in [5.74, 6) is -1.07. The van der Waals surface area contributed by atoms with Gasteiger partial charge in [0.2, 0.25) is 0 Å². The molecule has 0 fully saturated rings. The fraction of sp³-hybridized carbons (Fsp3) is 0.111. The average Bonchev–Trinajstić information content (AvgIpc) is 2.96. The van der Waals surface area contributed by atoms with E-state index in [4.69, 9.17) is 23.2 Å². The van der Waals surface area contributed by atoms with Crippen LogP contribution in [-0.2, 0) is 6.54 Å². The number of carboxylic acid groups (broad SMARTS) is 1. The molecule has 1 aromatic heterocycles. The van der Waals surface area contributed by atoms with Gasteiger partial charge in [0.1, 0.15) is 0 Å². The Kier molecular flexibility index (Phi) is 4.60. The summed E-state index contributed by atoms with van der Waals surface area (Å²) in [6.45, 7) is 2.48. The summed E-state index contributed by atoms with van der Waals surface area (Å²) in [5, 5.41) is 14.3. The lowest BCUT2D eigenvalue weighted by Gasteiger charge is -2.09. The average molecular weight is 361 g/mol. The summed E-state index contributed by atoms with van der Waals surface area (Å²) >= 11 is 12.0. The maximum absolute atomic E-state index is 11.3. The third-order valence-corrected chi connectivity index (χ3v) is 4.41. The van der Waals surface area contributed by atoms with Crippen LogP contribution in [0.3, 0.4) is 0 Å². The minimum Gasteiger partial charge on any atom is -0.476 e. The van der Waals surface area contributed by atoms with E-state index in [1.165, 1.54) is 6.07 Å². The molecule has 3 rings (SSSR count). The quantitative estimate of drug-likeness (QED) is 0.718. The van der Waals surface area contributed by atoms with Gasteiger partial charge in [-0.3, -0.25) is 4.68 Å². The van der Waals surface area contributed by atoms with E-state index in [2.05, 4.69) is 5.10 Å².